The molecule has 0 aliphatic carbocycles. The molecule has 118 valence electrons. The second kappa shape index (κ2) is 6.94. The summed E-state index contributed by atoms with van der Waals surface area (Å²) in [6.45, 7) is 3.99. The number of methoxy groups -OCH3 is 1. The smallest absolute Gasteiger partial charge is 0.241 e. The van der Waals surface area contributed by atoms with Gasteiger partial charge < -0.3 is 4.74 Å². The first-order valence-electron chi connectivity index (χ1n) is 7.15. The Balaban J connectivity index is 2.28. The van der Waals surface area contributed by atoms with E-state index in [0.29, 0.717) is 5.75 Å². The summed E-state index contributed by atoms with van der Waals surface area (Å²) in [4.78, 5) is 0.231. The lowest BCUT2D eigenvalue weighted by atomic mass is 9.97. The maximum Gasteiger partial charge on any atom is 0.241 e. The summed E-state index contributed by atoms with van der Waals surface area (Å²) in [6, 6.07) is 15.7. The van der Waals surface area contributed by atoms with Gasteiger partial charge in [-0.3, -0.25) is 0 Å². The first kappa shape index (κ1) is 16.5. The Bertz CT molecular complexity index is 694. The van der Waals surface area contributed by atoms with Crippen molar-refractivity contribution in [1.29, 1.82) is 0 Å². The normalized spacial score (nSPS) is 13.1. The van der Waals surface area contributed by atoms with Gasteiger partial charge in [-0.05, 0) is 35.7 Å². The highest BCUT2D eigenvalue weighted by Crippen LogP contribution is 2.24. The molecule has 5 heteroatoms. The van der Waals surface area contributed by atoms with Crippen LogP contribution in [0.2, 0.25) is 0 Å². The second-order valence-electron chi connectivity index (χ2n) is 5.43. The number of hydrogen-bond donors (Lipinski definition) is 1. The van der Waals surface area contributed by atoms with Crippen LogP contribution in [0.15, 0.2) is 59.5 Å². The summed E-state index contributed by atoms with van der Waals surface area (Å²) in [6.07, 6.45) is 0. The van der Waals surface area contributed by atoms with Crippen LogP contribution in [0.25, 0.3) is 0 Å². The molecule has 0 radical (unpaired) electrons. The van der Waals surface area contributed by atoms with Gasteiger partial charge in [0.25, 0.3) is 0 Å². The van der Waals surface area contributed by atoms with Crippen molar-refractivity contribution in [3.05, 3.63) is 60.2 Å². The molecule has 0 amide bonds. The van der Waals surface area contributed by atoms with E-state index < -0.39 is 10.0 Å². The fourth-order valence-electron chi connectivity index (χ4n) is 2.24. The lowest BCUT2D eigenvalue weighted by Gasteiger charge is -2.22. The SMILES string of the molecule is COc1ccc(S(=O)(=O)NC(c2ccccc2)C(C)C)cc1. The number of hydrogen-bond acceptors (Lipinski definition) is 3. The first-order valence-corrected chi connectivity index (χ1v) is 8.63. The largest absolute Gasteiger partial charge is 0.497 e. The van der Waals surface area contributed by atoms with Crippen LogP contribution in [-0.2, 0) is 10.0 Å². The molecule has 2 rings (SSSR count). The van der Waals surface area contributed by atoms with Crippen molar-refractivity contribution in [3.63, 3.8) is 0 Å². The zero-order valence-corrected chi connectivity index (χ0v) is 13.8. The van der Waals surface area contributed by atoms with Gasteiger partial charge in [-0.25, -0.2) is 13.1 Å². The van der Waals surface area contributed by atoms with Gasteiger partial charge in [-0.1, -0.05) is 44.2 Å². The van der Waals surface area contributed by atoms with E-state index >= 15 is 0 Å². The van der Waals surface area contributed by atoms with Crippen molar-refractivity contribution in [3.8, 4) is 5.75 Å². The van der Waals surface area contributed by atoms with Gasteiger partial charge in [-0.2, -0.15) is 0 Å². The third kappa shape index (κ3) is 3.87. The Morgan fingerprint density at radius 1 is 0.955 bits per heavy atom. The highest BCUT2D eigenvalue weighted by Gasteiger charge is 2.23. The molecular weight excluding hydrogens is 298 g/mol. The summed E-state index contributed by atoms with van der Waals surface area (Å²) in [5.74, 6) is 0.762. The zero-order chi connectivity index (χ0) is 16.2. The average Bonchev–Trinajstić information content (AvgIpc) is 2.53. The predicted octanol–water partition coefficient (Wildman–Crippen LogP) is 3.37. The molecule has 0 aliphatic rings. The molecule has 0 fully saturated rings. The topological polar surface area (TPSA) is 55.4 Å². The molecule has 0 saturated carbocycles. The summed E-state index contributed by atoms with van der Waals surface area (Å²) in [7, 11) is -2.04. The summed E-state index contributed by atoms with van der Waals surface area (Å²) < 4.78 is 33.0. The number of ether oxygens (including phenoxy) is 1. The van der Waals surface area contributed by atoms with Gasteiger partial charge in [0.05, 0.1) is 12.0 Å². The van der Waals surface area contributed by atoms with Crippen molar-refractivity contribution >= 4 is 10.0 Å². The van der Waals surface area contributed by atoms with Gasteiger partial charge in [0.15, 0.2) is 0 Å². The minimum Gasteiger partial charge on any atom is -0.497 e. The van der Waals surface area contributed by atoms with Gasteiger partial charge in [0, 0.05) is 6.04 Å². The van der Waals surface area contributed by atoms with Crippen LogP contribution in [0, 0.1) is 5.92 Å². The standard InChI is InChI=1S/C17H21NO3S/c1-13(2)17(14-7-5-4-6-8-14)18-22(19,20)16-11-9-15(21-3)10-12-16/h4-13,17-18H,1-3H3. The van der Waals surface area contributed by atoms with Gasteiger partial charge in [0.1, 0.15) is 5.75 Å². The summed E-state index contributed by atoms with van der Waals surface area (Å²) in [5, 5.41) is 0. The van der Waals surface area contributed by atoms with Crippen LogP contribution in [0.3, 0.4) is 0 Å². The van der Waals surface area contributed by atoms with E-state index in [1.54, 1.807) is 31.4 Å². The molecule has 0 aliphatic heterocycles. The summed E-state index contributed by atoms with van der Waals surface area (Å²) >= 11 is 0. The molecule has 1 unspecified atom stereocenters. The van der Waals surface area contributed by atoms with Crippen molar-refractivity contribution in [2.24, 2.45) is 5.92 Å². The Kier molecular flexibility index (Phi) is 5.21. The predicted molar refractivity (Wildman–Crippen MR) is 87.3 cm³/mol. The molecule has 1 atom stereocenters. The maximum absolute atomic E-state index is 12.6. The van der Waals surface area contributed by atoms with Crippen molar-refractivity contribution in [2.45, 2.75) is 24.8 Å². The summed E-state index contributed by atoms with van der Waals surface area (Å²) in [5.41, 5.74) is 0.953. The third-order valence-corrected chi connectivity index (χ3v) is 4.93. The Morgan fingerprint density at radius 2 is 1.55 bits per heavy atom. The molecule has 0 saturated heterocycles. The van der Waals surface area contributed by atoms with Crippen molar-refractivity contribution < 1.29 is 13.2 Å². The number of benzene rings is 2. The van der Waals surface area contributed by atoms with E-state index in [1.165, 1.54) is 0 Å². The average molecular weight is 319 g/mol. The lowest BCUT2D eigenvalue weighted by Crippen LogP contribution is -2.31. The van der Waals surface area contributed by atoms with Crippen LogP contribution in [0.1, 0.15) is 25.5 Å². The molecule has 0 heterocycles. The van der Waals surface area contributed by atoms with E-state index in [1.807, 2.05) is 44.2 Å². The minimum atomic E-state index is -3.58. The quantitative estimate of drug-likeness (QED) is 0.888. The number of nitrogens with one attached hydrogen (secondary N) is 1. The molecule has 2 aromatic carbocycles. The number of sulfonamides is 1. The van der Waals surface area contributed by atoms with Crippen LogP contribution in [0.4, 0.5) is 0 Å². The van der Waals surface area contributed by atoms with Crippen LogP contribution in [0.5, 0.6) is 5.75 Å². The second-order valence-corrected chi connectivity index (χ2v) is 7.14. The van der Waals surface area contributed by atoms with Crippen molar-refractivity contribution in [2.75, 3.05) is 7.11 Å². The molecule has 4 nitrogen and oxygen atoms in total. The van der Waals surface area contributed by atoms with E-state index in [2.05, 4.69) is 4.72 Å². The van der Waals surface area contributed by atoms with Crippen LogP contribution >= 0.6 is 0 Å². The van der Waals surface area contributed by atoms with E-state index in [-0.39, 0.29) is 16.9 Å². The Labute approximate surface area is 132 Å². The Hall–Kier alpha value is -1.85. The highest BCUT2D eigenvalue weighted by atomic mass is 32.2. The fraction of sp³-hybridized carbons (Fsp3) is 0.294. The highest BCUT2D eigenvalue weighted by molar-refractivity contribution is 7.89. The third-order valence-electron chi connectivity index (χ3n) is 3.48. The Morgan fingerprint density at radius 3 is 2.05 bits per heavy atom. The molecule has 0 spiro atoms. The monoisotopic (exact) mass is 319 g/mol. The zero-order valence-electron chi connectivity index (χ0n) is 13.0. The lowest BCUT2D eigenvalue weighted by molar-refractivity contribution is 0.414. The van der Waals surface area contributed by atoms with Gasteiger partial charge in [-0.15, -0.1) is 0 Å². The van der Waals surface area contributed by atoms with Gasteiger partial charge >= 0.3 is 0 Å². The van der Waals surface area contributed by atoms with Gasteiger partial charge in [0.2, 0.25) is 10.0 Å². The van der Waals surface area contributed by atoms with E-state index in [9.17, 15) is 8.42 Å². The van der Waals surface area contributed by atoms with E-state index in [0.717, 1.165) is 5.56 Å². The molecule has 1 N–H and O–H groups in total. The maximum atomic E-state index is 12.6. The van der Waals surface area contributed by atoms with Crippen molar-refractivity contribution in [1.82, 2.24) is 4.72 Å². The molecule has 0 bridgehead atoms. The number of rotatable bonds is 6. The molecule has 0 aromatic heterocycles. The van der Waals surface area contributed by atoms with Crippen LogP contribution in [-0.4, -0.2) is 15.5 Å². The molecular formula is C17H21NO3S. The molecule has 2 aromatic rings. The van der Waals surface area contributed by atoms with Crippen LogP contribution < -0.4 is 9.46 Å². The minimum absolute atomic E-state index is 0.135. The molecule has 22 heavy (non-hydrogen) atoms. The fourth-order valence-corrected chi connectivity index (χ4v) is 3.61. The first-order chi connectivity index (χ1) is 10.4. The van der Waals surface area contributed by atoms with E-state index in [4.69, 9.17) is 4.74 Å².